The molecule has 2 aromatic rings. The summed E-state index contributed by atoms with van der Waals surface area (Å²) < 4.78 is 19.2. The lowest BCUT2D eigenvalue weighted by Gasteiger charge is -2.21. The molecule has 2 aromatic carbocycles. The van der Waals surface area contributed by atoms with Crippen molar-refractivity contribution in [2.45, 2.75) is 19.9 Å². The van der Waals surface area contributed by atoms with Gasteiger partial charge < -0.3 is 10.1 Å². The van der Waals surface area contributed by atoms with Gasteiger partial charge in [0.2, 0.25) is 0 Å². The fraction of sp³-hybridized carbons (Fsp3) is 0.294. The molecule has 0 amide bonds. The van der Waals surface area contributed by atoms with Crippen molar-refractivity contribution in [3.8, 4) is 5.75 Å². The predicted octanol–water partition coefficient (Wildman–Crippen LogP) is 4.41. The van der Waals surface area contributed by atoms with E-state index in [4.69, 9.17) is 16.3 Å². The number of hydrogen-bond donors (Lipinski definition) is 1. The number of hydrogen-bond acceptors (Lipinski definition) is 2. The zero-order valence-corrected chi connectivity index (χ0v) is 13.4. The van der Waals surface area contributed by atoms with Gasteiger partial charge in [-0.1, -0.05) is 23.7 Å². The Labute approximate surface area is 129 Å². The van der Waals surface area contributed by atoms with Crippen molar-refractivity contribution in [3.05, 3.63) is 63.4 Å². The van der Waals surface area contributed by atoms with Gasteiger partial charge in [-0.15, -0.1) is 0 Å². The van der Waals surface area contributed by atoms with Gasteiger partial charge in [-0.2, -0.15) is 0 Å². The molecule has 0 radical (unpaired) electrons. The second-order valence-corrected chi connectivity index (χ2v) is 5.51. The molecule has 0 aromatic heterocycles. The van der Waals surface area contributed by atoms with Gasteiger partial charge in [0.1, 0.15) is 11.6 Å². The van der Waals surface area contributed by atoms with Crippen LogP contribution < -0.4 is 10.1 Å². The highest BCUT2D eigenvalue weighted by Crippen LogP contribution is 2.33. The second-order valence-electron chi connectivity index (χ2n) is 5.08. The van der Waals surface area contributed by atoms with Crippen LogP contribution in [0.1, 0.15) is 28.3 Å². The minimum atomic E-state index is -0.160. The van der Waals surface area contributed by atoms with Gasteiger partial charge in [0, 0.05) is 10.6 Å². The van der Waals surface area contributed by atoms with E-state index in [0.717, 1.165) is 16.9 Å². The van der Waals surface area contributed by atoms with Gasteiger partial charge in [-0.05, 0) is 55.8 Å². The van der Waals surface area contributed by atoms with E-state index >= 15 is 0 Å². The Kier molecular flexibility index (Phi) is 4.86. The van der Waals surface area contributed by atoms with Crippen molar-refractivity contribution in [2.75, 3.05) is 14.2 Å². The lowest BCUT2D eigenvalue weighted by molar-refractivity contribution is 0.405. The van der Waals surface area contributed by atoms with E-state index in [1.807, 2.05) is 31.3 Å². The first-order valence-corrected chi connectivity index (χ1v) is 7.13. The molecular weight excluding hydrogens is 289 g/mol. The fourth-order valence-electron chi connectivity index (χ4n) is 2.58. The molecule has 0 saturated heterocycles. The van der Waals surface area contributed by atoms with Crippen molar-refractivity contribution < 1.29 is 9.13 Å². The first-order valence-electron chi connectivity index (χ1n) is 6.75. The Hall–Kier alpha value is -1.58. The van der Waals surface area contributed by atoms with Crippen molar-refractivity contribution in [2.24, 2.45) is 0 Å². The highest BCUT2D eigenvalue weighted by atomic mass is 35.5. The van der Waals surface area contributed by atoms with Gasteiger partial charge in [0.05, 0.1) is 13.2 Å². The standard InChI is InChI=1S/C17H19ClFNO/c1-10-7-12(8-11(2)16(10)19)17(20-3)14-9-13(18)5-6-15(14)21-4/h5-9,17,20H,1-4H3. The third kappa shape index (κ3) is 3.20. The highest BCUT2D eigenvalue weighted by molar-refractivity contribution is 6.30. The van der Waals surface area contributed by atoms with Crippen LogP contribution in [-0.2, 0) is 0 Å². The van der Waals surface area contributed by atoms with Crippen molar-refractivity contribution in [1.29, 1.82) is 0 Å². The summed E-state index contributed by atoms with van der Waals surface area (Å²) in [6, 6.07) is 9.09. The molecule has 1 unspecified atom stereocenters. The van der Waals surface area contributed by atoms with Crippen LogP contribution in [0.25, 0.3) is 0 Å². The predicted molar refractivity (Wildman–Crippen MR) is 84.8 cm³/mol. The number of methoxy groups -OCH3 is 1. The summed E-state index contributed by atoms with van der Waals surface area (Å²) >= 11 is 6.11. The van der Waals surface area contributed by atoms with Crippen LogP contribution >= 0.6 is 11.6 Å². The monoisotopic (exact) mass is 307 g/mol. The number of aryl methyl sites for hydroxylation is 2. The van der Waals surface area contributed by atoms with Crippen molar-refractivity contribution in [1.82, 2.24) is 5.32 Å². The quantitative estimate of drug-likeness (QED) is 0.903. The first-order chi connectivity index (χ1) is 9.97. The SMILES string of the molecule is CNC(c1cc(C)c(F)c(C)c1)c1cc(Cl)ccc1OC. The van der Waals surface area contributed by atoms with E-state index in [9.17, 15) is 4.39 Å². The van der Waals surface area contributed by atoms with E-state index in [0.29, 0.717) is 16.1 Å². The summed E-state index contributed by atoms with van der Waals surface area (Å²) in [5.41, 5.74) is 3.17. The van der Waals surface area contributed by atoms with E-state index in [-0.39, 0.29) is 11.9 Å². The first kappa shape index (κ1) is 15.8. The maximum atomic E-state index is 13.8. The van der Waals surface area contributed by atoms with Crippen LogP contribution in [0.15, 0.2) is 30.3 Å². The molecule has 0 aliphatic rings. The van der Waals surface area contributed by atoms with Crippen molar-refractivity contribution in [3.63, 3.8) is 0 Å². The van der Waals surface area contributed by atoms with Gasteiger partial charge in [0.15, 0.2) is 0 Å². The zero-order chi connectivity index (χ0) is 15.6. The van der Waals surface area contributed by atoms with Crippen molar-refractivity contribution >= 4 is 11.6 Å². The molecule has 0 heterocycles. The maximum absolute atomic E-state index is 13.8. The lowest BCUT2D eigenvalue weighted by Crippen LogP contribution is -2.19. The van der Waals surface area contributed by atoms with E-state index < -0.39 is 0 Å². The topological polar surface area (TPSA) is 21.3 Å². The van der Waals surface area contributed by atoms with Crippen LogP contribution in [-0.4, -0.2) is 14.2 Å². The third-order valence-electron chi connectivity index (χ3n) is 3.58. The number of benzene rings is 2. The van der Waals surface area contributed by atoms with E-state index in [2.05, 4.69) is 5.32 Å². The minimum absolute atomic E-state index is 0.114. The van der Waals surface area contributed by atoms with Crippen LogP contribution in [0.3, 0.4) is 0 Å². The van der Waals surface area contributed by atoms with Gasteiger partial charge in [0.25, 0.3) is 0 Å². The van der Waals surface area contributed by atoms with Crippen LogP contribution in [0.4, 0.5) is 4.39 Å². The van der Waals surface area contributed by atoms with Crippen LogP contribution in [0, 0.1) is 19.7 Å². The number of nitrogens with one attached hydrogen (secondary N) is 1. The van der Waals surface area contributed by atoms with Gasteiger partial charge >= 0.3 is 0 Å². The summed E-state index contributed by atoms with van der Waals surface area (Å²) in [4.78, 5) is 0. The molecule has 4 heteroatoms. The number of rotatable bonds is 4. The molecule has 1 atom stereocenters. The molecule has 0 spiro atoms. The Balaban J connectivity index is 2.57. The maximum Gasteiger partial charge on any atom is 0.129 e. The summed E-state index contributed by atoms with van der Waals surface area (Å²) in [6.07, 6.45) is 0. The Morgan fingerprint density at radius 1 is 1.14 bits per heavy atom. The molecular formula is C17H19ClFNO. The highest BCUT2D eigenvalue weighted by Gasteiger charge is 2.19. The van der Waals surface area contributed by atoms with Gasteiger partial charge in [-0.3, -0.25) is 0 Å². The zero-order valence-electron chi connectivity index (χ0n) is 12.6. The molecule has 0 bridgehead atoms. The molecule has 21 heavy (non-hydrogen) atoms. The third-order valence-corrected chi connectivity index (χ3v) is 3.82. The fourth-order valence-corrected chi connectivity index (χ4v) is 2.76. The molecule has 112 valence electrons. The molecule has 2 rings (SSSR count). The summed E-state index contributed by atoms with van der Waals surface area (Å²) in [5, 5.41) is 3.89. The molecule has 0 aliphatic heterocycles. The number of halogens is 2. The number of ether oxygens (including phenoxy) is 1. The Morgan fingerprint density at radius 2 is 1.76 bits per heavy atom. The van der Waals surface area contributed by atoms with Crippen LogP contribution in [0.2, 0.25) is 5.02 Å². The normalized spacial score (nSPS) is 12.3. The van der Waals surface area contributed by atoms with E-state index in [1.165, 1.54) is 0 Å². The molecule has 0 fully saturated rings. The lowest BCUT2D eigenvalue weighted by atomic mass is 9.94. The smallest absolute Gasteiger partial charge is 0.129 e. The summed E-state index contributed by atoms with van der Waals surface area (Å²) in [6.45, 7) is 3.54. The summed E-state index contributed by atoms with van der Waals surface area (Å²) in [5.74, 6) is 0.588. The molecule has 2 nitrogen and oxygen atoms in total. The minimum Gasteiger partial charge on any atom is -0.496 e. The molecule has 1 N–H and O–H groups in total. The molecule has 0 aliphatic carbocycles. The second kappa shape index (κ2) is 6.46. The molecule has 0 saturated carbocycles. The van der Waals surface area contributed by atoms with E-state index in [1.54, 1.807) is 27.0 Å². The summed E-state index contributed by atoms with van der Waals surface area (Å²) in [7, 11) is 3.49. The Morgan fingerprint density at radius 3 is 2.29 bits per heavy atom. The van der Waals surface area contributed by atoms with Gasteiger partial charge in [-0.25, -0.2) is 4.39 Å². The Bertz CT molecular complexity index is 634. The largest absolute Gasteiger partial charge is 0.496 e. The average Bonchev–Trinajstić information content (AvgIpc) is 2.46. The van der Waals surface area contributed by atoms with Crippen LogP contribution in [0.5, 0.6) is 5.75 Å². The average molecular weight is 308 g/mol.